The second-order valence-electron chi connectivity index (χ2n) is 9.88. The topological polar surface area (TPSA) is 120 Å². The molecule has 10 heteroatoms. The minimum Gasteiger partial charge on any atom is -0.390 e. The highest BCUT2D eigenvalue weighted by atomic mass is 32.1. The Morgan fingerprint density at radius 2 is 1.56 bits per heavy atom. The van der Waals surface area contributed by atoms with E-state index in [-0.39, 0.29) is 11.7 Å². The molecule has 2 amide bonds. The number of nitrogens with one attached hydrogen (secondary N) is 1. The summed E-state index contributed by atoms with van der Waals surface area (Å²) in [5.41, 5.74) is 19.1. The average Bonchev–Trinajstić information content (AvgIpc) is 3.40. The number of hydrogen-bond acceptors (Lipinski definition) is 7. The third-order valence-corrected chi connectivity index (χ3v) is 7.92. The summed E-state index contributed by atoms with van der Waals surface area (Å²) in [4.78, 5) is 35.2. The van der Waals surface area contributed by atoms with Crippen LogP contribution < -0.4 is 26.8 Å². The number of thiophene rings is 1. The number of nitrogens with two attached hydrogens (primary N) is 2. The van der Waals surface area contributed by atoms with Gasteiger partial charge in [0.05, 0.1) is 27.7 Å². The molecule has 1 fully saturated rings. The first-order chi connectivity index (χ1) is 19.9. The largest absolute Gasteiger partial charge is 0.390 e. The van der Waals surface area contributed by atoms with Crippen LogP contribution in [-0.4, -0.2) is 55.8 Å². The molecule has 0 aliphatic carbocycles. The molecule has 4 aromatic rings. The van der Waals surface area contributed by atoms with Gasteiger partial charge >= 0.3 is 0 Å². The molecule has 210 valence electrons. The lowest BCUT2D eigenvalue weighted by Crippen LogP contribution is -2.44. The summed E-state index contributed by atoms with van der Waals surface area (Å²) in [6.45, 7) is 4.35. The maximum atomic E-state index is 13.3. The second-order valence-corrected chi connectivity index (χ2v) is 11.0. The summed E-state index contributed by atoms with van der Waals surface area (Å²) in [6.07, 6.45) is 0. The average molecular weight is 568 g/mol. The molecule has 3 aromatic carbocycles. The first kappa shape index (κ1) is 27.9. The van der Waals surface area contributed by atoms with Gasteiger partial charge in [0, 0.05) is 37.4 Å². The van der Waals surface area contributed by atoms with Gasteiger partial charge in [-0.05, 0) is 55.1 Å². The number of amides is 2. The smallest absolute Gasteiger partial charge is 0.279 e. The molecule has 0 radical (unpaired) electrons. The Balaban J connectivity index is 1.28. The van der Waals surface area contributed by atoms with Crippen LogP contribution in [0.25, 0.3) is 0 Å². The number of piperazine rings is 1. The number of hydrogen-bond donors (Lipinski definition) is 3. The summed E-state index contributed by atoms with van der Waals surface area (Å²) in [5, 5.41) is 2.09. The lowest BCUT2D eigenvalue weighted by atomic mass is 10.1. The molecular weight excluding hydrogens is 534 g/mol. The maximum Gasteiger partial charge on any atom is 0.279 e. The zero-order valence-electron chi connectivity index (χ0n) is 22.9. The molecule has 0 bridgehead atoms. The Bertz CT molecular complexity index is 1510. The van der Waals surface area contributed by atoms with E-state index >= 15 is 0 Å². The van der Waals surface area contributed by atoms with Gasteiger partial charge in [-0.25, -0.2) is 0 Å². The number of likely N-dealkylation sites (N-methyl/N-ethyl adjacent to an activating group) is 1. The van der Waals surface area contributed by atoms with Crippen molar-refractivity contribution in [3.05, 3.63) is 113 Å². The zero-order chi connectivity index (χ0) is 28.8. The Labute approximate surface area is 243 Å². The van der Waals surface area contributed by atoms with Crippen molar-refractivity contribution in [2.45, 2.75) is 6.54 Å². The highest BCUT2D eigenvalue weighted by molar-refractivity contribution is 7.18. The summed E-state index contributed by atoms with van der Waals surface area (Å²) in [7, 11) is 2.11. The van der Waals surface area contributed by atoms with Crippen molar-refractivity contribution in [3.8, 4) is 0 Å². The van der Waals surface area contributed by atoms with Crippen molar-refractivity contribution in [1.82, 2.24) is 10.3 Å². The Morgan fingerprint density at radius 1 is 0.927 bits per heavy atom. The molecule has 1 saturated heterocycles. The van der Waals surface area contributed by atoms with Crippen LogP contribution in [0.2, 0.25) is 0 Å². The van der Waals surface area contributed by atoms with E-state index in [9.17, 15) is 9.59 Å². The van der Waals surface area contributed by atoms with E-state index in [4.69, 9.17) is 11.5 Å². The Morgan fingerprint density at radius 3 is 2.22 bits per heavy atom. The van der Waals surface area contributed by atoms with Gasteiger partial charge in [0.15, 0.2) is 0 Å². The molecule has 0 saturated carbocycles. The SMILES string of the molecule is CN1CCN(c2ccc(C(=O)N=C(N)c3cc(C(=O)NN(Cc4ccccc4)c4ccccc4)sc3N)cc2)CC1. The molecule has 1 aliphatic rings. The highest BCUT2D eigenvalue weighted by Crippen LogP contribution is 2.26. The predicted octanol–water partition coefficient (Wildman–Crippen LogP) is 3.98. The van der Waals surface area contributed by atoms with Crippen LogP contribution in [0, 0.1) is 0 Å². The van der Waals surface area contributed by atoms with Crippen LogP contribution in [0.1, 0.15) is 31.2 Å². The fraction of sp³-hybridized carbons (Fsp3) is 0.194. The predicted molar refractivity (Wildman–Crippen MR) is 166 cm³/mol. The number of carbonyl (C=O) groups excluding carboxylic acids is 2. The minimum absolute atomic E-state index is 0.0323. The molecule has 1 aliphatic heterocycles. The third kappa shape index (κ3) is 6.92. The first-order valence-corrected chi connectivity index (χ1v) is 14.2. The van der Waals surface area contributed by atoms with Gasteiger partial charge < -0.3 is 21.3 Å². The number of nitrogens with zero attached hydrogens (tertiary/aromatic N) is 4. The summed E-state index contributed by atoms with van der Waals surface area (Å²) in [6, 6.07) is 28.4. The van der Waals surface area contributed by atoms with Gasteiger partial charge in [-0.15, -0.1) is 11.3 Å². The second kappa shape index (κ2) is 12.7. The molecule has 5 N–H and O–H groups in total. The van der Waals surface area contributed by atoms with E-state index in [1.54, 1.807) is 23.2 Å². The van der Waals surface area contributed by atoms with Gasteiger partial charge in [0.1, 0.15) is 5.84 Å². The van der Waals surface area contributed by atoms with E-state index in [0.717, 1.165) is 54.5 Å². The molecule has 9 nitrogen and oxygen atoms in total. The van der Waals surface area contributed by atoms with Crippen molar-refractivity contribution >= 4 is 45.4 Å². The number of rotatable bonds is 8. The van der Waals surface area contributed by atoms with Gasteiger partial charge in [0.2, 0.25) is 0 Å². The molecule has 2 heterocycles. The van der Waals surface area contributed by atoms with Gasteiger partial charge in [-0.1, -0.05) is 48.5 Å². The number of amidine groups is 1. The van der Waals surface area contributed by atoms with Crippen molar-refractivity contribution in [2.75, 3.05) is 48.9 Å². The summed E-state index contributed by atoms with van der Waals surface area (Å²) < 4.78 is 0. The maximum absolute atomic E-state index is 13.3. The number of nitrogen functional groups attached to an aromatic ring is 1. The quantitative estimate of drug-likeness (QED) is 0.167. The zero-order valence-corrected chi connectivity index (χ0v) is 23.7. The lowest BCUT2D eigenvalue weighted by Gasteiger charge is -2.34. The minimum atomic E-state index is -0.470. The van der Waals surface area contributed by atoms with E-state index < -0.39 is 5.91 Å². The van der Waals surface area contributed by atoms with Gasteiger partial charge in [0.25, 0.3) is 11.8 Å². The Hall–Kier alpha value is -4.67. The van der Waals surface area contributed by atoms with E-state index in [2.05, 4.69) is 27.3 Å². The van der Waals surface area contributed by atoms with Crippen molar-refractivity contribution in [1.29, 1.82) is 0 Å². The fourth-order valence-corrected chi connectivity index (χ4v) is 5.40. The van der Waals surface area contributed by atoms with Crippen LogP contribution in [0.3, 0.4) is 0 Å². The first-order valence-electron chi connectivity index (χ1n) is 13.4. The number of anilines is 3. The number of benzene rings is 3. The monoisotopic (exact) mass is 567 g/mol. The van der Waals surface area contributed by atoms with Crippen LogP contribution >= 0.6 is 11.3 Å². The highest BCUT2D eigenvalue weighted by Gasteiger charge is 2.20. The van der Waals surface area contributed by atoms with E-state index in [1.807, 2.05) is 72.8 Å². The third-order valence-electron chi connectivity index (χ3n) is 6.95. The molecule has 1 aromatic heterocycles. The summed E-state index contributed by atoms with van der Waals surface area (Å²) >= 11 is 1.09. The van der Waals surface area contributed by atoms with Crippen LogP contribution in [-0.2, 0) is 6.54 Å². The Kier molecular flexibility index (Phi) is 8.61. The van der Waals surface area contributed by atoms with Crippen molar-refractivity contribution < 1.29 is 9.59 Å². The lowest BCUT2D eigenvalue weighted by molar-refractivity contribution is 0.0951. The van der Waals surface area contributed by atoms with Crippen molar-refractivity contribution in [3.63, 3.8) is 0 Å². The number of hydrazine groups is 1. The van der Waals surface area contributed by atoms with E-state index in [1.165, 1.54) is 0 Å². The molecule has 0 atom stereocenters. The van der Waals surface area contributed by atoms with Crippen LogP contribution in [0.5, 0.6) is 0 Å². The standard InChI is InChI=1S/C31H33N7O2S/c1-36-16-18-37(19-17-36)24-14-12-23(13-15-24)30(39)34-28(32)26-20-27(41-29(26)33)31(40)35-38(25-10-6-3-7-11-25)21-22-8-4-2-5-9-22/h2-15,20H,16-19,21,33H2,1H3,(H,35,40)(H2,32,34,39). The van der Waals surface area contributed by atoms with Gasteiger partial charge in [-0.2, -0.15) is 4.99 Å². The number of aliphatic imine (C=N–C) groups is 1. The van der Waals surface area contributed by atoms with Crippen molar-refractivity contribution in [2.24, 2.45) is 10.7 Å². The van der Waals surface area contributed by atoms with Crippen LogP contribution in [0.15, 0.2) is 96.0 Å². The van der Waals surface area contributed by atoms with Gasteiger partial charge in [-0.3, -0.25) is 20.0 Å². The van der Waals surface area contributed by atoms with E-state index in [0.29, 0.717) is 27.5 Å². The molecule has 41 heavy (non-hydrogen) atoms. The molecular formula is C31H33N7O2S. The molecule has 5 rings (SSSR count). The fourth-order valence-electron chi connectivity index (χ4n) is 4.58. The number of para-hydroxylation sites is 1. The molecule has 0 unspecified atom stereocenters. The molecule has 0 spiro atoms. The number of carbonyl (C=O) groups is 2. The summed E-state index contributed by atoms with van der Waals surface area (Å²) in [5.74, 6) is -0.844. The van der Waals surface area contributed by atoms with Crippen LogP contribution in [0.4, 0.5) is 16.4 Å². The normalized spacial score (nSPS) is 14.1.